The monoisotopic (exact) mass is 384 g/mol. The predicted octanol–water partition coefficient (Wildman–Crippen LogP) is 2.02. The van der Waals surface area contributed by atoms with Gasteiger partial charge in [-0.3, -0.25) is 4.79 Å². The number of benzene rings is 1. The molecule has 1 aromatic carbocycles. The van der Waals surface area contributed by atoms with E-state index in [4.69, 9.17) is 9.47 Å². The molecule has 7 nitrogen and oxygen atoms in total. The van der Waals surface area contributed by atoms with Gasteiger partial charge in [-0.25, -0.2) is 8.42 Å². The molecule has 146 valence electrons. The van der Waals surface area contributed by atoms with E-state index in [9.17, 15) is 13.2 Å². The molecule has 1 N–H and O–H groups in total. The molecule has 0 aromatic heterocycles. The van der Waals surface area contributed by atoms with Crippen LogP contribution in [-0.4, -0.2) is 52.1 Å². The molecule has 0 unspecified atom stereocenters. The number of ether oxygens (including phenoxy) is 2. The lowest BCUT2D eigenvalue weighted by molar-refractivity contribution is -0.132. The zero-order valence-corrected chi connectivity index (χ0v) is 16.6. The minimum Gasteiger partial charge on any atom is -0.486 e. The highest BCUT2D eigenvalue weighted by Gasteiger charge is 2.31. The van der Waals surface area contributed by atoms with E-state index in [0.29, 0.717) is 31.3 Å². The quantitative estimate of drug-likeness (QED) is 0.741. The Balaban J connectivity index is 2.20. The fraction of sp³-hybridized carbons (Fsp3) is 0.611. The Kier molecular flexibility index (Phi) is 6.88. The van der Waals surface area contributed by atoms with E-state index in [2.05, 4.69) is 4.72 Å². The second-order valence-corrected chi connectivity index (χ2v) is 8.48. The molecule has 1 aliphatic rings. The van der Waals surface area contributed by atoms with E-state index < -0.39 is 16.1 Å². The van der Waals surface area contributed by atoms with Crippen molar-refractivity contribution in [3.8, 4) is 11.5 Å². The maximum Gasteiger partial charge on any atom is 0.241 e. The van der Waals surface area contributed by atoms with Crippen LogP contribution in [0.4, 0.5) is 0 Å². The minimum atomic E-state index is -3.87. The Labute approximate surface area is 155 Å². The van der Waals surface area contributed by atoms with E-state index in [0.717, 1.165) is 12.8 Å². The maximum atomic E-state index is 12.8. The van der Waals surface area contributed by atoms with Gasteiger partial charge in [-0.05, 0) is 24.5 Å². The van der Waals surface area contributed by atoms with Crippen LogP contribution in [-0.2, 0) is 14.8 Å². The number of hydrogen-bond acceptors (Lipinski definition) is 5. The molecule has 0 bridgehead atoms. The normalized spacial score (nSPS) is 15.0. The Bertz CT molecular complexity index is 733. The van der Waals surface area contributed by atoms with Crippen LogP contribution in [0.3, 0.4) is 0 Å². The van der Waals surface area contributed by atoms with Crippen molar-refractivity contribution in [3.63, 3.8) is 0 Å². The first-order valence-electron chi connectivity index (χ1n) is 8.93. The molecule has 8 heteroatoms. The van der Waals surface area contributed by atoms with Gasteiger partial charge in [0.05, 0.1) is 4.90 Å². The third-order valence-corrected chi connectivity index (χ3v) is 5.70. The molecule has 26 heavy (non-hydrogen) atoms. The van der Waals surface area contributed by atoms with Crippen LogP contribution in [0.1, 0.15) is 33.6 Å². The lowest BCUT2D eigenvalue weighted by Crippen LogP contribution is -2.50. The number of rotatable bonds is 8. The topological polar surface area (TPSA) is 84.9 Å². The second-order valence-electron chi connectivity index (χ2n) is 6.76. The molecule has 0 spiro atoms. The highest BCUT2D eigenvalue weighted by atomic mass is 32.2. The van der Waals surface area contributed by atoms with Gasteiger partial charge in [-0.2, -0.15) is 4.72 Å². The van der Waals surface area contributed by atoms with Gasteiger partial charge in [0, 0.05) is 19.7 Å². The summed E-state index contributed by atoms with van der Waals surface area (Å²) in [6, 6.07) is 3.63. The Hall–Kier alpha value is -1.80. The Morgan fingerprint density at radius 2 is 1.88 bits per heavy atom. The van der Waals surface area contributed by atoms with Crippen molar-refractivity contribution in [2.45, 2.75) is 44.6 Å². The summed E-state index contributed by atoms with van der Waals surface area (Å²) in [5, 5.41) is 0. The van der Waals surface area contributed by atoms with Gasteiger partial charge in [-0.15, -0.1) is 0 Å². The zero-order chi connectivity index (χ0) is 19.3. The van der Waals surface area contributed by atoms with Gasteiger partial charge in [0.15, 0.2) is 11.5 Å². The molecule has 0 radical (unpaired) electrons. The lowest BCUT2D eigenvalue weighted by Gasteiger charge is -2.27. The van der Waals surface area contributed by atoms with Gasteiger partial charge in [0.2, 0.25) is 15.9 Å². The zero-order valence-electron chi connectivity index (χ0n) is 15.8. The fourth-order valence-electron chi connectivity index (χ4n) is 2.64. The van der Waals surface area contributed by atoms with Gasteiger partial charge in [-0.1, -0.05) is 27.2 Å². The summed E-state index contributed by atoms with van der Waals surface area (Å²) in [5.41, 5.74) is 0. The average Bonchev–Trinajstić information content (AvgIpc) is 2.63. The molecule has 0 aliphatic carbocycles. The average molecular weight is 384 g/mol. The third kappa shape index (κ3) is 4.88. The van der Waals surface area contributed by atoms with Crippen LogP contribution in [0.2, 0.25) is 0 Å². The maximum absolute atomic E-state index is 12.8. The largest absolute Gasteiger partial charge is 0.486 e. The van der Waals surface area contributed by atoms with Crippen molar-refractivity contribution < 1.29 is 22.7 Å². The SMILES string of the molecule is CCCCN(C)C(=O)[C@@H](NS(=O)(=O)c1ccc2c(c1)OCCO2)C(C)C. The van der Waals surface area contributed by atoms with Crippen LogP contribution in [0.15, 0.2) is 23.1 Å². The van der Waals surface area contributed by atoms with E-state index in [1.54, 1.807) is 18.0 Å². The first kappa shape index (κ1) is 20.5. The summed E-state index contributed by atoms with van der Waals surface area (Å²) in [4.78, 5) is 14.3. The highest BCUT2D eigenvalue weighted by Crippen LogP contribution is 2.32. The van der Waals surface area contributed by atoms with Gasteiger partial charge < -0.3 is 14.4 Å². The number of hydrogen-bond donors (Lipinski definition) is 1. The van der Waals surface area contributed by atoms with Gasteiger partial charge in [0.1, 0.15) is 19.3 Å². The Morgan fingerprint density at radius 3 is 2.50 bits per heavy atom. The summed E-state index contributed by atoms with van der Waals surface area (Å²) in [7, 11) is -2.17. The molecule has 1 heterocycles. The summed E-state index contributed by atoms with van der Waals surface area (Å²) in [5.74, 6) is 0.505. The Morgan fingerprint density at radius 1 is 1.23 bits per heavy atom. The number of carbonyl (C=O) groups excluding carboxylic acids is 1. The number of sulfonamides is 1. The predicted molar refractivity (Wildman–Crippen MR) is 98.9 cm³/mol. The number of likely N-dealkylation sites (N-methyl/N-ethyl adjacent to an activating group) is 1. The second kappa shape index (κ2) is 8.73. The van der Waals surface area contributed by atoms with Gasteiger partial charge >= 0.3 is 0 Å². The number of unbranched alkanes of at least 4 members (excludes halogenated alkanes) is 1. The fourth-order valence-corrected chi connectivity index (χ4v) is 3.99. The lowest BCUT2D eigenvalue weighted by atomic mass is 10.0. The molecular weight excluding hydrogens is 356 g/mol. The summed E-state index contributed by atoms with van der Waals surface area (Å²) < 4.78 is 39.0. The van der Waals surface area contributed by atoms with E-state index >= 15 is 0 Å². The molecule has 0 fully saturated rings. The summed E-state index contributed by atoms with van der Waals surface area (Å²) in [6.45, 7) is 7.10. The number of fused-ring (bicyclic) bond motifs is 1. The van der Waals surface area contributed by atoms with Gasteiger partial charge in [0.25, 0.3) is 0 Å². The van der Waals surface area contributed by atoms with Crippen LogP contribution in [0.5, 0.6) is 11.5 Å². The van der Waals surface area contributed by atoms with Crippen molar-refractivity contribution in [2.24, 2.45) is 5.92 Å². The highest BCUT2D eigenvalue weighted by molar-refractivity contribution is 7.89. The van der Waals surface area contributed by atoms with Crippen molar-refractivity contribution in [1.29, 1.82) is 0 Å². The number of carbonyl (C=O) groups is 1. The number of nitrogens with one attached hydrogen (secondary N) is 1. The third-order valence-electron chi connectivity index (χ3n) is 4.26. The van der Waals surface area contributed by atoms with Crippen molar-refractivity contribution in [3.05, 3.63) is 18.2 Å². The molecule has 2 rings (SSSR count). The van der Waals surface area contributed by atoms with Crippen molar-refractivity contribution in [1.82, 2.24) is 9.62 Å². The van der Waals surface area contributed by atoms with E-state index in [1.165, 1.54) is 12.1 Å². The van der Waals surface area contributed by atoms with E-state index in [-0.39, 0.29) is 16.7 Å². The molecule has 0 saturated heterocycles. The smallest absolute Gasteiger partial charge is 0.241 e. The summed E-state index contributed by atoms with van der Waals surface area (Å²) in [6.07, 6.45) is 1.84. The van der Waals surface area contributed by atoms with Crippen LogP contribution in [0, 0.1) is 5.92 Å². The first-order valence-corrected chi connectivity index (χ1v) is 10.4. The van der Waals surface area contributed by atoms with Crippen LogP contribution >= 0.6 is 0 Å². The molecule has 0 saturated carbocycles. The molecular formula is C18H28N2O5S. The molecule has 1 aliphatic heterocycles. The molecule has 1 aromatic rings. The van der Waals surface area contributed by atoms with E-state index in [1.807, 2.05) is 20.8 Å². The number of nitrogens with zero attached hydrogens (tertiary/aromatic N) is 1. The minimum absolute atomic E-state index is 0.0522. The van der Waals surface area contributed by atoms with Crippen molar-refractivity contribution >= 4 is 15.9 Å². The van der Waals surface area contributed by atoms with Crippen LogP contribution < -0.4 is 14.2 Å². The number of amides is 1. The first-order chi connectivity index (χ1) is 12.3. The standard InChI is InChI=1S/C18H28N2O5S/c1-5-6-9-20(4)18(21)17(13(2)3)19-26(22,23)14-7-8-15-16(12-14)25-11-10-24-15/h7-8,12-13,17,19H,5-6,9-11H2,1-4H3/t17-/m0/s1. The summed E-state index contributed by atoms with van der Waals surface area (Å²) >= 11 is 0. The molecule has 1 amide bonds. The van der Waals surface area contributed by atoms with Crippen molar-refractivity contribution in [2.75, 3.05) is 26.8 Å². The van der Waals surface area contributed by atoms with Crippen LogP contribution in [0.25, 0.3) is 0 Å². The molecule has 1 atom stereocenters.